The van der Waals surface area contributed by atoms with Crippen LogP contribution in [0.25, 0.3) is 0 Å². The molecular formula is C25H33N3O5. The molecule has 0 aliphatic carbocycles. The summed E-state index contributed by atoms with van der Waals surface area (Å²) in [5, 5.41) is 10.2. The van der Waals surface area contributed by atoms with Gasteiger partial charge in [0.05, 0.1) is 37.2 Å². The molecule has 0 saturated carbocycles. The second-order valence-electron chi connectivity index (χ2n) is 9.67. The van der Waals surface area contributed by atoms with Crippen LogP contribution in [0.3, 0.4) is 0 Å². The van der Waals surface area contributed by atoms with E-state index < -0.39 is 17.6 Å². The highest BCUT2D eigenvalue weighted by Gasteiger charge is 2.38. The van der Waals surface area contributed by atoms with Gasteiger partial charge in [0.1, 0.15) is 13.2 Å². The van der Waals surface area contributed by atoms with Crippen molar-refractivity contribution >= 4 is 6.09 Å². The second kappa shape index (κ2) is 9.97. The van der Waals surface area contributed by atoms with Gasteiger partial charge in [-0.05, 0) is 11.0 Å². The van der Waals surface area contributed by atoms with Gasteiger partial charge in [-0.25, -0.2) is 4.79 Å². The fourth-order valence-electron chi connectivity index (χ4n) is 4.57. The minimum atomic E-state index is -0.990. The number of aromatic nitrogens is 1. The molecule has 33 heavy (non-hydrogen) atoms. The van der Waals surface area contributed by atoms with Crippen LogP contribution in [0.2, 0.25) is 0 Å². The summed E-state index contributed by atoms with van der Waals surface area (Å²) in [7, 11) is 0. The van der Waals surface area contributed by atoms with E-state index in [1.54, 1.807) is 6.20 Å². The zero-order chi connectivity index (χ0) is 23.4. The Kier molecular flexibility index (Phi) is 7.05. The monoisotopic (exact) mass is 455 g/mol. The van der Waals surface area contributed by atoms with E-state index in [1.807, 2.05) is 45.0 Å². The number of morpholine rings is 1. The Hall–Kier alpha value is -2.84. The van der Waals surface area contributed by atoms with Crippen molar-refractivity contribution in [3.63, 3.8) is 0 Å². The van der Waals surface area contributed by atoms with Crippen LogP contribution in [-0.2, 0) is 11.3 Å². The van der Waals surface area contributed by atoms with Crippen LogP contribution < -0.4 is 9.47 Å². The van der Waals surface area contributed by atoms with E-state index in [0.29, 0.717) is 43.6 Å². The van der Waals surface area contributed by atoms with Crippen LogP contribution in [0.1, 0.15) is 38.1 Å². The van der Waals surface area contributed by atoms with Crippen LogP contribution in [0.4, 0.5) is 4.79 Å². The summed E-state index contributed by atoms with van der Waals surface area (Å²) in [5.41, 5.74) is 1.49. The van der Waals surface area contributed by atoms with Gasteiger partial charge in [-0.1, -0.05) is 51.1 Å². The van der Waals surface area contributed by atoms with Gasteiger partial charge in [-0.15, -0.1) is 0 Å². The Bertz CT molecular complexity index is 947. The molecule has 0 spiro atoms. The van der Waals surface area contributed by atoms with Gasteiger partial charge in [0.15, 0.2) is 11.5 Å². The number of rotatable bonds is 6. The lowest BCUT2D eigenvalue weighted by molar-refractivity contribution is -0.0542. The molecule has 8 heteroatoms. The van der Waals surface area contributed by atoms with E-state index in [9.17, 15) is 9.90 Å². The molecule has 1 saturated heterocycles. The van der Waals surface area contributed by atoms with E-state index in [1.165, 1.54) is 10.5 Å². The van der Waals surface area contributed by atoms with Crippen molar-refractivity contribution in [1.29, 1.82) is 0 Å². The minimum absolute atomic E-state index is 0.222. The Labute approximate surface area is 195 Å². The minimum Gasteiger partial charge on any atom is -0.486 e. The molecule has 1 amide bonds. The quantitative estimate of drug-likeness (QED) is 0.709. The summed E-state index contributed by atoms with van der Waals surface area (Å²) in [6.07, 6.45) is 0.414. The third kappa shape index (κ3) is 5.75. The Morgan fingerprint density at radius 2 is 1.91 bits per heavy atom. The molecule has 1 aromatic heterocycles. The van der Waals surface area contributed by atoms with Gasteiger partial charge in [0.2, 0.25) is 0 Å². The van der Waals surface area contributed by atoms with Gasteiger partial charge in [0.25, 0.3) is 0 Å². The molecule has 8 nitrogen and oxygen atoms in total. The van der Waals surface area contributed by atoms with Gasteiger partial charge in [-0.2, -0.15) is 0 Å². The first kappa shape index (κ1) is 23.3. The average molecular weight is 456 g/mol. The number of pyridine rings is 1. The lowest BCUT2D eigenvalue weighted by Gasteiger charge is -2.41. The predicted molar refractivity (Wildman–Crippen MR) is 124 cm³/mol. The fourth-order valence-corrected chi connectivity index (χ4v) is 4.57. The number of fused-ring (bicyclic) bond motifs is 1. The van der Waals surface area contributed by atoms with Crippen molar-refractivity contribution in [2.24, 2.45) is 5.41 Å². The molecule has 2 aliphatic heterocycles. The molecule has 2 unspecified atom stereocenters. The van der Waals surface area contributed by atoms with Crippen molar-refractivity contribution in [3.8, 4) is 11.5 Å². The predicted octanol–water partition coefficient (Wildman–Crippen LogP) is 3.82. The van der Waals surface area contributed by atoms with Crippen molar-refractivity contribution < 1.29 is 24.1 Å². The SMILES string of the molecule is CC(C)(C)C(c1cc2c(cn1)OCCO2)N(CC1CN(Cc2ccccc2)CCO1)C(=O)O. The molecule has 1 fully saturated rings. The summed E-state index contributed by atoms with van der Waals surface area (Å²) in [5.74, 6) is 1.19. The first-order valence-electron chi connectivity index (χ1n) is 11.4. The number of hydrogen-bond donors (Lipinski definition) is 1. The molecule has 1 N–H and O–H groups in total. The largest absolute Gasteiger partial charge is 0.486 e. The molecule has 2 atom stereocenters. The summed E-state index contributed by atoms with van der Waals surface area (Å²) in [6.45, 7) is 10.2. The third-order valence-electron chi connectivity index (χ3n) is 5.98. The Morgan fingerprint density at radius 3 is 2.61 bits per heavy atom. The van der Waals surface area contributed by atoms with E-state index in [4.69, 9.17) is 14.2 Å². The van der Waals surface area contributed by atoms with Crippen LogP contribution in [0.5, 0.6) is 11.5 Å². The molecule has 1 aromatic carbocycles. The maximum Gasteiger partial charge on any atom is 0.407 e. The molecule has 0 bridgehead atoms. The maximum absolute atomic E-state index is 12.5. The normalized spacial score (nSPS) is 19.7. The summed E-state index contributed by atoms with van der Waals surface area (Å²) < 4.78 is 17.3. The highest BCUT2D eigenvalue weighted by atomic mass is 16.6. The standard InChI is InChI=1S/C25H33N3O5/c1-25(2,3)23(20-13-21-22(14-26-20)33-12-11-32-21)28(24(29)30)17-19-16-27(9-10-31-19)15-18-7-5-4-6-8-18/h4-8,13-14,19,23H,9-12,15-17H2,1-3H3,(H,29,30). The van der Waals surface area contributed by atoms with Crippen LogP contribution in [0, 0.1) is 5.41 Å². The highest BCUT2D eigenvalue weighted by Crippen LogP contribution is 2.40. The molecule has 0 radical (unpaired) electrons. The molecular weight excluding hydrogens is 422 g/mol. The lowest BCUT2D eigenvalue weighted by Crippen LogP contribution is -2.50. The Morgan fingerprint density at radius 1 is 1.18 bits per heavy atom. The third-order valence-corrected chi connectivity index (χ3v) is 5.98. The van der Waals surface area contributed by atoms with Crippen molar-refractivity contribution in [2.45, 2.75) is 39.5 Å². The zero-order valence-electron chi connectivity index (χ0n) is 19.6. The first-order chi connectivity index (χ1) is 15.8. The van der Waals surface area contributed by atoms with Crippen molar-refractivity contribution in [3.05, 3.63) is 53.9 Å². The van der Waals surface area contributed by atoms with E-state index >= 15 is 0 Å². The van der Waals surface area contributed by atoms with Crippen LogP contribution >= 0.6 is 0 Å². The van der Waals surface area contributed by atoms with Crippen molar-refractivity contribution in [2.75, 3.05) is 39.5 Å². The summed E-state index contributed by atoms with van der Waals surface area (Å²) >= 11 is 0. The highest BCUT2D eigenvalue weighted by molar-refractivity contribution is 5.66. The first-order valence-corrected chi connectivity index (χ1v) is 11.4. The smallest absolute Gasteiger partial charge is 0.407 e. The van der Waals surface area contributed by atoms with Gasteiger partial charge in [0, 0.05) is 25.7 Å². The molecule has 3 heterocycles. The lowest BCUT2D eigenvalue weighted by atomic mass is 9.83. The zero-order valence-corrected chi connectivity index (χ0v) is 19.6. The number of benzene rings is 1. The van der Waals surface area contributed by atoms with Crippen LogP contribution in [0.15, 0.2) is 42.6 Å². The van der Waals surface area contributed by atoms with Gasteiger partial charge < -0.3 is 19.3 Å². The number of ether oxygens (including phenoxy) is 3. The van der Waals surface area contributed by atoms with E-state index in [2.05, 4.69) is 22.0 Å². The number of carboxylic acid groups (broad SMARTS) is 1. The average Bonchev–Trinajstić information content (AvgIpc) is 2.78. The molecule has 2 aliphatic rings. The van der Waals surface area contributed by atoms with Crippen LogP contribution in [-0.4, -0.2) is 71.5 Å². The molecule has 2 aromatic rings. The Balaban J connectivity index is 1.53. The number of amides is 1. The topological polar surface area (TPSA) is 84.4 Å². The molecule has 4 rings (SSSR count). The van der Waals surface area contributed by atoms with E-state index in [-0.39, 0.29) is 12.6 Å². The maximum atomic E-state index is 12.5. The summed E-state index contributed by atoms with van der Waals surface area (Å²) in [6, 6.07) is 11.6. The second-order valence-corrected chi connectivity index (χ2v) is 9.67. The summed E-state index contributed by atoms with van der Waals surface area (Å²) in [4.78, 5) is 20.8. The van der Waals surface area contributed by atoms with Gasteiger partial charge >= 0.3 is 6.09 Å². The van der Waals surface area contributed by atoms with Gasteiger partial charge in [-0.3, -0.25) is 14.8 Å². The molecule has 178 valence electrons. The fraction of sp³-hybridized carbons (Fsp3) is 0.520. The number of carbonyl (C=O) groups is 1. The number of hydrogen-bond acceptors (Lipinski definition) is 6. The number of nitrogens with zero attached hydrogens (tertiary/aromatic N) is 3. The van der Waals surface area contributed by atoms with Crippen molar-refractivity contribution in [1.82, 2.24) is 14.8 Å². The van der Waals surface area contributed by atoms with E-state index in [0.717, 1.165) is 13.1 Å².